The lowest BCUT2D eigenvalue weighted by Gasteiger charge is -2.32. The molecule has 1 aromatic heterocycles. The van der Waals surface area contributed by atoms with E-state index in [2.05, 4.69) is 9.97 Å². The number of carbonyl (C=O) groups excluding carboxylic acids is 1. The van der Waals surface area contributed by atoms with Crippen LogP contribution in [0.1, 0.15) is 29.8 Å². The quantitative estimate of drug-likeness (QED) is 0.908. The summed E-state index contributed by atoms with van der Waals surface area (Å²) in [6, 6.07) is 6.51. The molecule has 0 radical (unpaired) electrons. The number of hydrogen-bond acceptors (Lipinski definition) is 4. The van der Waals surface area contributed by atoms with Crippen molar-refractivity contribution in [3.8, 4) is 0 Å². The Morgan fingerprint density at radius 2 is 1.95 bits per heavy atom. The molecule has 0 saturated carbocycles. The number of carbonyl (C=O) groups is 2. The van der Waals surface area contributed by atoms with Crippen molar-refractivity contribution < 1.29 is 14.7 Å². The molecular weight excluding hydrogens is 270 g/mol. The molecule has 21 heavy (non-hydrogen) atoms. The van der Waals surface area contributed by atoms with Gasteiger partial charge >= 0.3 is 5.97 Å². The molecule has 1 amide bonds. The Kier molecular flexibility index (Phi) is 3.51. The minimum Gasteiger partial charge on any atom is -0.480 e. The Hall–Kier alpha value is -2.50. The van der Waals surface area contributed by atoms with Crippen LogP contribution in [0.25, 0.3) is 11.0 Å². The second kappa shape index (κ2) is 5.47. The third kappa shape index (κ3) is 2.56. The van der Waals surface area contributed by atoms with E-state index in [0.29, 0.717) is 24.0 Å². The number of aromatic nitrogens is 2. The van der Waals surface area contributed by atoms with Gasteiger partial charge in [-0.15, -0.1) is 0 Å². The maximum absolute atomic E-state index is 12.5. The molecule has 2 aromatic rings. The number of carboxylic acids is 1. The van der Waals surface area contributed by atoms with Crippen LogP contribution >= 0.6 is 0 Å². The van der Waals surface area contributed by atoms with Crippen molar-refractivity contribution in [3.05, 3.63) is 36.2 Å². The third-order valence-electron chi connectivity index (χ3n) is 3.72. The molecule has 0 bridgehead atoms. The Balaban J connectivity index is 1.93. The van der Waals surface area contributed by atoms with Crippen LogP contribution in [0.2, 0.25) is 0 Å². The molecule has 1 aromatic carbocycles. The average Bonchev–Trinajstić information content (AvgIpc) is 2.53. The average molecular weight is 285 g/mol. The van der Waals surface area contributed by atoms with Crippen molar-refractivity contribution in [2.45, 2.75) is 25.3 Å². The van der Waals surface area contributed by atoms with E-state index in [4.69, 9.17) is 0 Å². The fourth-order valence-corrected chi connectivity index (χ4v) is 2.64. The van der Waals surface area contributed by atoms with E-state index in [1.807, 2.05) is 18.2 Å². The topological polar surface area (TPSA) is 83.4 Å². The van der Waals surface area contributed by atoms with Crippen molar-refractivity contribution in [3.63, 3.8) is 0 Å². The number of benzene rings is 1. The van der Waals surface area contributed by atoms with E-state index < -0.39 is 12.0 Å². The van der Waals surface area contributed by atoms with E-state index in [1.165, 1.54) is 11.1 Å². The number of nitrogens with zero attached hydrogens (tertiary/aromatic N) is 3. The molecule has 0 spiro atoms. The van der Waals surface area contributed by atoms with Gasteiger partial charge in [0, 0.05) is 6.54 Å². The van der Waals surface area contributed by atoms with Gasteiger partial charge in [-0.3, -0.25) is 9.78 Å². The molecule has 6 heteroatoms. The van der Waals surface area contributed by atoms with Crippen LogP contribution in [-0.2, 0) is 4.79 Å². The normalized spacial score (nSPS) is 18.7. The number of carboxylic acid groups (broad SMARTS) is 1. The number of hydrogen-bond donors (Lipinski definition) is 1. The van der Waals surface area contributed by atoms with Crippen LogP contribution in [0.15, 0.2) is 30.5 Å². The summed E-state index contributed by atoms with van der Waals surface area (Å²) >= 11 is 0. The van der Waals surface area contributed by atoms with Gasteiger partial charge in [0.2, 0.25) is 0 Å². The number of fused-ring (bicyclic) bond motifs is 1. The van der Waals surface area contributed by atoms with Crippen LogP contribution in [0.5, 0.6) is 0 Å². The SMILES string of the molecule is O=C(O)[C@H]1CCCCN1C(=O)c1cnc2ccccc2n1. The van der Waals surface area contributed by atoms with Gasteiger partial charge < -0.3 is 10.0 Å². The predicted molar refractivity (Wildman–Crippen MR) is 75.8 cm³/mol. The second-order valence-corrected chi connectivity index (χ2v) is 5.09. The number of aliphatic carboxylic acids is 1. The van der Waals surface area contributed by atoms with E-state index >= 15 is 0 Å². The molecule has 1 aliphatic rings. The van der Waals surface area contributed by atoms with Crippen LogP contribution in [0.3, 0.4) is 0 Å². The lowest BCUT2D eigenvalue weighted by Crippen LogP contribution is -2.48. The number of amides is 1. The van der Waals surface area contributed by atoms with Crippen molar-refractivity contribution in [1.82, 2.24) is 14.9 Å². The van der Waals surface area contributed by atoms with E-state index in [9.17, 15) is 14.7 Å². The fraction of sp³-hybridized carbons (Fsp3) is 0.333. The molecule has 1 N–H and O–H groups in total. The molecule has 0 unspecified atom stereocenters. The Morgan fingerprint density at radius 3 is 2.71 bits per heavy atom. The highest BCUT2D eigenvalue weighted by Gasteiger charge is 2.33. The highest BCUT2D eigenvalue weighted by atomic mass is 16.4. The minimum atomic E-state index is -0.961. The van der Waals surface area contributed by atoms with Gasteiger partial charge in [0.25, 0.3) is 5.91 Å². The van der Waals surface area contributed by atoms with Crippen molar-refractivity contribution >= 4 is 22.9 Å². The van der Waals surface area contributed by atoms with Crippen LogP contribution in [-0.4, -0.2) is 44.4 Å². The first-order valence-corrected chi connectivity index (χ1v) is 6.92. The van der Waals surface area contributed by atoms with Crippen LogP contribution < -0.4 is 0 Å². The van der Waals surface area contributed by atoms with Gasteiger partial charge in [-0.05, 0) is 31.4 Å². The van der Waals surface area contributed by atoms with E-state index in [1.54, 1.807) is 6.07 Å². The first-order valence-electron chi connectivity index (χ1n) is 6.92. The second-order valence-electron chi connectivity index (χ2n) is 5.09. The Morgan fingerprint density at radius 1 is 1.19 bits per heavy atom. The van der Waals surface area contributed by atoms with Gasteiger partial charge in [-0.2, -0.15) is 0 Å². The molecule has 2 heterocycles. The molecule has 1 saturated heterocycles. The van der Waals surface area contributed by atoms with Crippen LogP contribution in [0.4, 0.5) is 0 Å². The van der Waals surface area contributed by atoms with Gasteiger partial charge in [-0.25, -0.2) is 9.78 Å². The molecule has 1 aliphatic heterocycles. The van der Waals surface area contributed by atoms with E-state index in [-0.39, 0.29) is 11.6 Å². The van der Waals surface area contributed by atoms with Gasteiger partial charge in [-0.1, -0.05) is 12.1 Å². The molecule has 1 atom stereocenters. The molecule has 3 rings (SSSR count). The smallest absolute Gasteiger partial charge is 0.326 e. The first-order chi connectivity index (χ1) is 10.2. The summed E-state index contributed by atoms with van der Waals surface area (Å²) in [6.45, 7) is 0.449. The molecule has 108 valence electrons. The summed E-state index contributed by atoms with van der Waals surface area (Å²) in [5.74, 6) is -1.32. The molecule has 0 aliphatic carbocycles. The monoisotopic (exact) mass is 285 g/mol. The largest absolute Gasteiger partial charge is 0.480 e. The van der Waals surface area contributed by atoms with E-state index in [0.717, 1.165) is 12.8 Å². The maximum Gasteiger partial charge on any atom is 0.326 e. The zero-order chi connectivity index (χ0) is 14.8. The highest BCUT2D eigenvalue weighted by molar-refractivity contribution is 5.96. The summed E-state index contributed by atoms with van der Waals surface area (Å²) in [4.78, 5) is 33.7. The lowest BCUT2D eigenvalue weighted by molar-refractivity contribution is -0.143. The Bertz CT molecular complexity index is 701. The van der Waals surface area contributed by atoms with Crippen molar-refractivity contribution in [1.29, 1.82) is 0 Å². The third-order valence-corrected chi connectivity index (χ3v) is 3.72. The van der Waals surface area contributed by atoms with Gasteiger partial charge in [0.05, 0.1) is 17.2 Å². The lowest BCUT2D eigenvalue weighted by atomic mass is 10.0. The van der Waals surface area contributed by atoms with Gasteiger partial charge in [0.1, 0.15) is 11.7 Å². The number of piperidine rings is 1. The fourth-order valence-electron chi connectivity index (χ4n) is 2.64. The molecule has 1 fully saturated rings. The summed E-state index contributed by atoms with van der Waals surface area (Å²) in [5, 5.41) is 9.25. The number of para-hydroxylation sites is 2. The minimum absolute atomic E-state index is 0.196. The van der Waals surface area contributed by atoms with Crippen molar-refractivity contribution in [2.75, 3.05) is 6.54 Å². The van der Waals surface area contributed by atoms with Gasteiger partial charge in [0.15, 0.2) is 0 Å². The van der Waals surface area contributed by atoms with Crippen LogP contribution in [0, 0.1) is 0 Å². The standard InChI is InChI=1S/C15H15N3O3/c19-14(18-8-4-3-7-13(18)15(20)21)12-9-16-10-5-1-2-6-11(10)17-12/h1-2,5-6,9,13H,3-4,7-8H2,(H,20,21)/t13-/m1/s1. The summed E-state index contributed by atoms with van der Waals surface area (Å²) < 4.78 is 0. The molecule has 6 nitrogen and oxygen atoms in total. The first kappa shape index (κ1) is 13.5. The summed E-state index contributed by atoms with van der Waals surface area (Å²) in [6.07, 6.45) is 3.54. The number of likely N-dealkylation sites (tertiary alicyclic amines) is 1. The summed E-state index contributed by atoms with van der Waals surface area (Å²) in [5.41, 5.74) is 1.54. The highest BCUT2D eigenvalue weighted by Crippen LogP contribution is 2.20. The number of rotatable bonds is 2. The Labute approximate surface area is 121 Å². The zero-order valence-corrected chi connectivity index (χ0v) is 11.4. The zero-order valence-electron chi connectivity index (χ0n) is 11.4. The molecular formula is C15H15N3O3. The maximum atomic E-state index is 12.5. The predicted octanol–water partition coefficient (Wildman–Crippen LogP) is 1.71. The van der Waals surface area contributed by atoms with Crippen molar-refractivity contribution in [2.24, 2.45) is 0 Å². The summed E-state index contributed by atoms with van der Waals surface area (Å²) in [7, 11) is 0.